The Bertz CT molecular complexity index is 653. The zero-order chi connectivity index (χ0) is 14.8. The minimum Gasteiger partial charge on any atom is -0.462 e. The van der Waals surface area contributed by atoms with Gasteiger partial charge in [-0.2, -0.15) is 0 Å². The number of aryl methyl sites for hydroxylation is 2. The van der Waals surface area contributed by atoms with Crippen LogP contribution in [0.5, 0.6) is 0 Å². The second kappa shape index (κ2) is 5.90. The first kappa shape index (κ1) is 14.2. The molecule has 0 spiro atoms. The van der Waals surface area contributed by atoms with E-state index in [-0.39, 0.29) is 12.1 Å². The van der Waals surface area contributed by atoms with Crippen LogP contribution in [0, 0.1) is 6.92 Å². The van der Waals surface area contributed by atoms with Crippen molar-refractivity contribution < 1.29 is 9.53 Å². The van der Waals surface area contributed by atoms with E-state index >= 15 is 0 Å². The van der Waals surface area contributed by atoms with E-state index in [4.69, 9.17) is 16.3 Å². The van der Waals surface area contributed by atoms with Crippen LogP contribution in [0.4, 0.5) is 0 Å². The van der Waals surface area contributed by atoms with E-state index in [9.17, 15) is 4.79 Å². The summed E-state index contributed by atoms with van der Waals surface area (Å²) in [7, 11) is 0. The van der Waals surface area contributed by atoms with Gasteiger partial charge in [0.1, 0.15) is 6.10 Å². The smallest absolute Gasteiger partial charge is 0.309 e. The topological polar surface area (TPSA) is 26.3 Å². The SMILES string of the molecule is Cc1ccc(-c2ccc(CCC3CC(=O)O3)cc2)c(Cl)c1. The Morgan fingerprint density at radius 2 is 1.90 bits per heavy atom. The maximum atomic E-state index is 10.7. The molecule has 1 fully saturated rings. The molecule has 0 bridgehead atoms. The highest BCUT2D eigenvalue weighted by Gasteiger charge is 2.27. The van der Waals surface area contributed by atoms with Crippen LogP contribution in [0.1, 0.15) is 24.0 Å². The molecule has 1 saturated heterocycles. The lowest BCUT2D eigenvalue weighted by molar-refractivity contribution is -0.169. The summed E-state index contributed by atoms with van der Waals surface area (Å²) < 4.78 is 5.02. The first-order chi connectivity index (χ1) is 10.1. The molecule has 1 aliphatic rings. The van der Waals surface area contributed by atoms with Gasteiger partial charge in [-0.25, -0.2) is 0 Å². The third-order valence-electron chi connectivity index (χ3n) is 3.84. The Kier molecular flexibility index (Phi) is 3.98. The Balaban J connectivity index is 1.67. The standard InChI is InChI=1S/C18H17ClO2/c1-12-2-9-16(17(19)10-12)14-6-3-13(4-7-14)5-8-15-11-18(20)21-15/h2-4,6-7,9-10,15H,5,8,11H2,1H3. The van der Waals surface area contributed by atoms with Gasteiger partial charge in [0.25, 0.3) is 0 Å². The number of rotatable bonds is 4. The molecular weight excluding hydrogens is 284 g/mol. The van der Waals surface area contributed by atoms with Gasteiger partial charge in [0.05, 0.1) is 6.42 Å². The highest BCUT2D eigenvalue weighted by atomic mass is 35.5. The minimum absolute atomic E-state index is 0.0793. The van der Waals surface area contributed by atoms with Crippen molar-refractivity contribution in [3.8, 4) is 11.1 Å². The highest BCUT2D eigenvalue weighted by Crippen LogP contribution is 2.29. The minimum atomic E-state index is -0.0793. The molecular formula is C18H17ClO2. The molecule has 3 heteroatoms. The van der Waals surface area contributed by atoms with Crippen molar-refractivity contribution in [3.63, 3.8) is 0 Å². The molecule has 108 valence electrons. The van der Waals surface area contributed by atoms with Gasteiger partial charge in [-0.05, 0) is 42.5 Å². The summed E-state index contributed by atoms with van der Waals surface area (Å²) in [5.41, 5.74) is 4.60. The fraction of sp³-hybridized carbons (Fsp3) is 0.278. The van der Waals surface area contributed by atoms with Crippen LogP contribution in [0.15, 0.2) is 42.5 Å². The molecule has 2 aromatic carbocycles. The molecule has 1 aliphatic heterocycles. The van der Waals surface area contributed by atoms with Crippen LogP contribution in [0.25, 0.3) is 11.1 Å². The number of cyclic esters (lactones) is 1. The van der Waals surface area contributed by atoms with Crippen molar-refractivity contribution in [1.29, 1.82) is 0 Å². The first-order valence-corrected chi connectivity index (χ1v) is 7.54. The van der Waals surface area contributed by atoms with E-state index < -0.39 is 0 Å². The molecule has 2 aromatic rings. The Labute approximate surface area is 129 Å². The van der Waals surface area contributed by atoms with Crippen molar-refractivity contribution in [2.45, 2.75) is 32.3 Å². The number of halogens is 1. The third-order valence-corrected chi connectivity index (χ3v) is 4.15. The molecule has 1 unspecified atom stereocenters. The van der Waals surface area contributed by atoms with Crippen LogP contribution < -0.4 is 0 Å². The van der Waals surface area contributed by atoms with Gasteiger partial charge in [0.2, 0.25) is 0 Å². The Morgan fingerprint density at radius 1 is 1.19 bits per heavy atom. The van der Waals surface area contributed by atoms with Crippen LogP contribution in [0.3, 0.4) is 0 Å². The summed E-state index contributed by atoms with van der Waals surface area (Å²) in [4.78, 5) is 10.7. The number of carbonyl (C=O) groups is 1. The average Bonchev–Trinajstić information content (AvgIpc) is 2.43. The molecule has 3 rings (SSSR count). The van der Waals surface area contributed by atoms with E-state index in [2.05, 4.69) is 36.4 Å². The quantitative estimate of drug-likeness (QED) is 0.774. The van der Waals surface area contributed by atoms with Crippen LogP contribution >= 0.6 is 11.6 Å². The summed E-state index contributed by atoms with van der Waals surface area (Å²) in [6, 6.07) is 14.5. The maximum Gasteiger partial charge on any atom is 0.309 e. The Morgan fingerprint density at radius 3 is 2.52 bits per heavy atom. The molecule has 0 radical (unpaired) electrons. The molecule has 2 nitrogen and oxygen atoms in total. The van der Waals surface area contributed by atoms with Crippen LogP contribution in [-0.4, -0.2) is 12.1 Å². The number of carbonyl (C=O) groups excluding carboxylic acids is 1. The Hall–Kier alpha value is -1.80. The van der Waals surface area contributed by atoms with E-state index in [0.717, 1.165) is 34.6 Å². The lowest BCUT2D eigenvalue weighted by Gasteiger charge is -2.25. The second-order valence-electron chi connectivity index (χ2n) is 5.53. The summed E-state index contributed by atoms with van der Waals surface area (Å²) in [6.07, 6.45) is 2.51. The van der Waals surface area contributed by atoms with E-state index in [1.807, 2.05) is 13.0 Å². The normalized spacial score (nSPS) is 17.2. The lowest BCUT2D eigenvalue weighted by Crippen LogP contribution is -2.32. The monoisotopic (exact) mass is 300 g/mol. The van der Waals surface area contributed by atoms with Gasteiger partial charge in [-0.1, -0.05) is 48.0 Å². The number of hydrogen-bond acceptors (Lipinski definition) is 2. The van der Waals surface area contributed by atoms with Gasteiger partial charge in [-0.3, -0.25) is 4.79 Å². The molecule has 1 heterocycles. The van der Waals surface area contributed by atoms with Crippen molar-refractivity contribution in [2.24, 2.45) is 0 Å². The maximum absolute atomic E-state index is 10.7. The average molecular weight is 301 g/mol. The van der Waals surface area contributed by atoms with Crippen LogP contribution in [0.2, 0.25) is 5.02 Å². The zero-order valence-corrected chi connectivity index (χ0v) is 12.7. The summed E-state index contributed by atoms with van der Waals surface area (Å²) in [5.74, 6) is -0.0793. The summed E-state index contributed by atoms with van der Waals surface area (Å²) in [6.45, 7) is 2.03. The third kappa shape index (κ3) is 3.27. The van der Waals surface area contributed by atoms with Crippen molar-refractivity contribution in [2.75, 3.05) is 0 Å². The highest BCUT2D eigenvalue weighted by molar-refractivity contribution is 6.33. The molecule has 0 amide bonds. The molecule has 0 N–H and O–H groups in total. The van der Waals surface area contributed by atoms with Gasteiger partial charge in [0, 0.05) is 10.6 Å². The largest absolute Gasteiger partial charge is 0.462 e. The van der Waals surface area contributed by atoms with E-state index in [1.165, 1.54) is 5.56 Å². The number of esters is 1. The van der Waals surface area contributed by atoms with Crippen molar-refractivity contribution >= 4 is 17.6 Å². The second-order valence-corrected chi connectivity index (χ2v) is 5.94. The van der Waals surface area contributed by atoms with Crippen molar-refractivity contribution in [3.05, 3.63) is 58.6 Å². The van der Waals surface area contributed by atoms with Gasteiger partial charge >= 0.3 is 5.97 Å². The fourth-order valence-corrected chi connectivity index (χ4v) is 2.90. The van der Waals surface area contributed by atoms with E-state index in [1.54, 1.807) is 0 Å². The number of ether oxygens (including phenoxy) is 1. The van der Waals surface area contributed by atoms with Crippen molar-refractivity contribution in [1.82, 2.24) is 0 Å². The van der Waals surface area contributed by atoms with E-state index in [0.29, 0.717) is 6.42 Å². The molecule has 1 atom stereocenters. The predicted molar refractivity (Wildman–Crippen MR) is 84.4 cm³/mol. The molecule has 0 aromatic heterocycles. The predicted octanol–water partition coefficient (Wildman–Crippen LogP) is 4.56. The lowest BCUT2D eigenvalue weighted by atomic mass is 9.99. The van der Waals surface area contributed by atoms with Gasteiger partial charge in [0.15, 0.2) is 0 Å². The molecule has 0 aliphatic carbocycles. The van der Waals surface area contributed by atoms with Gasteiger partial charge in [-0.15, -0.1) is 0 Å². The number of hydrogen-bond donors (Lipinski definition) is 0. The van der Waals surface area contributed by atoms with Crippen LogP contribution in [-0.2, 0) is 16.0 Å². The zero-order valence-electron chi connectivity index (χ0n) is 11.9. The summed E-state index contributed by atoms with van der Waals surface area (Å²) in [5, 5.41) is 0.782. The fourth-order valence-electron chi connectivity index (χ4n) is 2.56. The summed E-state index contributed by atoms with van der Waals surface area (Å²) >= 11 is 6.30. The first-order valence-electron chi connectivity index (χ1n) is 7.17. The van der Waals surface area contributed by atoms with Gasteiger partial charge < -0.3 is 4.74 Å². The molecule has 21 heavy (non-hydrogen) atoms. The number of benzene rings is 2. The molecule has 0 saturated carbocycles.